The number of likely N-dealkylation sites (tertiary alicyclic amines) is 2. The number of carbonyl (C=O) groups is 3. The van der Waals surface area contributed by atoms with Gasteiger partial charge in [0.2, 0.25) is 5.91 Å². The molecule has 4 heterocycles. The number of benzene rings is 1. The number of carbonyl (C=O) groups excluding carboxylic acids is 2. The number of hydrogen-bond donors (Lipinski definition) is 2. The number of aliphatic carboxylic acids is 1. The molecule has 43 heavy (non-hydrogen) atoms. The van der Waals surface area contributed by atoms with Gasteiger partial charge in [-0.1, -0.05) is 12.1 Å². The first-order valence-corrected chi connectivity index (χ1v) is 14.7. The van der Waals surface area contributed by atoms with Crippen molar-refractivity contribution in [3.05, 3.63) is 63.0 Å². The predicted molar refractivity (Wildman–Crippen MR) is 151 cm³/mol. The monoisotopic (exact) mass is 619 g/mol. The molecule has 3 aliphatic rings. The molecule has 5 rings (SSSR count). The third-order valence-electron chi connectivity index (χ3n) is 8.10. The summed E-state index contributed by atoms with van der Waals surface area (Å²) < 4.78 is 50.9. The van der Waals surface area contributed by atoms with Crippen LogP contribution in [0.3, 0.4) is 0 Å². The van der Waals surface area contributed by atoms with Crippen LogP contribution >= 0.6 is 11.3 Å². The highest BCUT2D eigenvalue weighted by Gasteiger charge is 2.62. The van der Waals surface area contributed by atoms with Gasteiger partial charge in [-0.3, -0.25) is 19.5 Å². The first-order valence-electron chi connectivity index (χ1n) is 13.8. The van der Waals surface area contributed by atoms with E-state index in [9.17, 15) is 23.9 Å². The van der Waals surface area contributed by atoms with E-state index in [1.165, 1.54) is 47.1 Å². The van der Waals surface area contributed by atoms with Crippen LogP contribution in [-0.4, -0.2) is 88.3 Å². The molecule has 14 heteroatoms. The number of aromatic nitrogens is 1. The molecule has 10 nitrogen and oxygen atoms in total. The molecule has 2 aromatic rings. The van der Waals surface area contributed by atoms with Gasteiger partial charge in [-0.05, 0) is 44.9 Å². The Bertz CT molecular complexity index is 1510. The number of ether oxygens (including phenoxy) is 1. The largest absolute Gasteiger partial charge is 0.481 e. The summed E-state index contributed by atoms with van der Waals surface area (Å²) in [5, 5.41) is 14.8. The fraction of sp³-hybridized carbons (Fsp3) is 0.483. The zero-order valence-corrected chi connectivity index (χ0v) is 24.9. The fourth-order valence-electron chi connectivity index (χ4n) is 5.86. The van der Waals surface area contributed by atoms with E-state index in [1.807, 2.05) is 0 Å². The summed E-state index contributed by atoms with van der Waals surface area (Å²) in [7, 11) is 0. The van der Waals surface area contributed by atoms with Crippen molar-refractivity contribution in [1.29, 1.82) is 0 Å². The number of fused-ring (bicyclic) bond motifs is 1. The van der Waals surface area contributed by atoms with Gasteiger partial charge in [0.05, 0.1) is 30.1 Å². The van der Waals surface area contributed by atoms with Crippen LogP contribution in [-0.2, 0) is 19.1 Å². The van der Waals surface area contributed by atoms with Crippen molar-refractivity contribution >= 4 is 35.0 Å². The lowest BCUT2D eigenvalue weighted by atomic mass is 9.92. The molecular weight excluding hydrogens is 587 g/mol. The number of amidine groups is 1. The van der Waals surface area contributed by atoms with Gasteiger partial charge < -0.3 is 20.1 Å². The molecule has 2 fully saturated rings. The average molecular weight is 620 g/mol. The number of esters is 1. The lowest BCUT2D eigenvalue weighted by Crippen LogP contribution is -2.47. The van der Waals surface area contributed by atoms with Gasteiger partial charge in [0.15, 0.2) is 10.8 Å². The van der Waals surface area contributed by atoms with Crippen LogP contribution in [0.25, 0.3) is 0 Å². The van der Waals surface area contributed by atoms with Gasteiger partial charge in [-0.15, -0.1) is 11.3 Å². The zero-order chi connectivity index (χ0) is 31.3. The van der Waals surface area contributed by atoms with Crippen LogP contribution in [0.5, 0.6) is 0 Å². The van der Waals surface area contributed by atoms with E-state index in [4.69, 9.17) is 9.73 Å². The Hall–Kier alpha value is -3.78. The summed E-state index contributed by atoms with van der Waals surface area (Å²) in [6.07, 6.45) is 1.56. The number of alkyl halides is 2. The molecular formula is C29H32F3N5O5S. The Labute approximate surface area is 250 Å². The van der Waals surface area contributed by atoms with Gasteiger partial charge in [0.1, 0.15) is 17.9 Å². The van der Waals surface area contributed by atoms with Crippen LogP contribution in [0.1, 0.15) is 42.9 Å². The fourth-order valence-corrected chi connectivity index (χ4v) is 6.44. The Kier molecular flexibility index (Phi) is 8.11. The van der Waals surface area contributed by atoms with Crippen molar-refractivity contribution in [2.45, 2.75) is 45.7 Å². The van der Waals surface area contributed by atoms with E-state index >= 15 is 8.78 Å². The molecule has 0 spiro atoms. The Morgan fingerprint density at radius 3 is 2.70 bits per heavy atom. The van der Waals surface area contributed by atoms with E-state index < -0.39 is 59.5 Å². The van der Waals surface area contributed by atoms with Gasteiger partial charge in [0.25, 0.3) is 5.92 Å². The number of hydrogen-bond acceptors (Lipinski definition) is 9. The summed E-state index contributed by atoms with van der Waals surface area (Å²) in [6, 6.07) is 2.13. The van der Waals surface area contributed by atoms with Gasteiger partial charge in [-0.25, -0.2) is 22.9 Å². The maximum absolute atomic E-state index is 15.4. The van der Waals surface area contributed by atoms with E-state index in [0.717, 1.165) is 0 Å². The molecule has 0 radical (unpaired) electrons. The van der Waals surface area contributed by atoms with Crippen molar-refractivity contribution in [2.24, 2.45) is 16.3 Å². The van der Waals surface area contributed by atoms with Gasteiger partial charge in [0, 0.05) is 36.9 Å². The molecule has 0 unspecified atom stereocenters. The standard InChI is InChI=1S/C29H32F3N5O5S/c1-5-42-26(39)20-19(34-23(24-33-9-10-43-24)35-21(20)16-7-6-8-18(30)15(16)2)12-36-14-29(31,32)17-11-37(25(38)22(17)36)13-28(3,4)27(40)41/h6-10,17,21-22H,5,11-14H2,1-4H3,(H,34,35)(H,40,41)/t17-,21-,22-/m0/s1. The average Bonchev–Trinajstić information content (AvgIpc) is 3.63. The molecule has 1 amide bonds. The molecule has 3 atom stereocenters. The molecule has 0 saturated carbocycles. The Balaban J connectivity index is 1.57. The number of halogens is 3. The summed E-state index contributed by atoms with van der Waals surface area (Å²) in [6.45, 7) is 4.52. The molecule has 3 aliphatic heterocycles. The summed E-state index contributed by atoms with van der Waals surface area (Å²) in [4.78, 5) is 50.2. The van der Waals surface area contributed by atoms with Crippen molar-refractivity contribution in [1.82, 2.24) is 20.1 Å². The molecule has 1 aromatic heterocycles. The van der Waals surface area contributed by atoms with Gasteiger partial charge >= 0.3 is 11.9 Å². The van der Waals surface area contributed by atoms with E-state index in [-0.39, 0.29) is 48.9 Å². The molecule has 0 aliphatic carbocycles. The lowest BCUT2D eigenvalue weighted by molar-refractivity contribution is -0.149. The maximum Gasteiger partial charge on any atom is 0.338 e. The summed E-state index contributed by atoms with van der Waals surface area (Å²) in [5.74, 6) is -7.38. The van der Waals surface area contributed by atoms with Crippen LogP contribution < -0.4 is 5.32 Å². The van der Waals surface area contributed by atoms with Crippen molar-refractivity contribution in [3.8, 4) is 0 Å². The minimum Gasteiger partial charge on any atom is -0.481 e. The summed E-state index contributed by atoms with van der Waals surface area (Å²) >= 11 is 1.26. The SMILES string of the molecule is CCOC(=O)C1=C(CN2CC(F)(F)[C@H]3CN(CC(C)(C)C(=O)O)C(=O)[C@H]32)NC(c2nccs2)=N[C@H]1c1cccc(F)c1C. The highest BCUT2D eigenvalue weighted by Crippen LogP contribution is 2.44. The van der Waals surface area contributed by atoms with Crippen LogP contribution in [0, 0.1) is 24.1 Å². The molecule has 2 saturated heterocycles. The van der Waals surface area contributed by atoms with E-state index in [2.05, 4.69) is 10.3 Å². The number of amides is 1. The molecule has 0 bridgehead atoms. The lowest BCUT2D eigenvalue weighted by Gasteiger charge is -2.32. The Morgan fingerprint density at radius 1 is 1.30 bits per heavy atom. The second-order valence-corrected chi connectivity index (χ2v) is 12.4. The number of thiazole rings is 1. The molecule has 230 valence electrons. The smallest absolute Gasteiger partial charge is 0.338 e. The number of rotatable bonds is 9. The maximum atomic E-state index is 15.4. The van der Waals surface area contributed by atoms with Gasteiger partial charge in [-0.2, -0.15) is 0 Å². The highest BCUT2D eigenvalue weighted by molar-refractivity contribution is 7.11. The Morgan fingerprint density at radius 2 is 2.05 bits per heavy atom. The number of carboxylic acid groups (broad SMARTS) is 1. The van der Waals surface area contributed by atoms with Crippen molar-refractivity contribution in [2.75, 3.05) is 32.8 Å². The van der Waals surface area contributed by atoms with E-state index in [1.54, 1.807) is 31.5 Å². The second-order valence-electron chi connectivity index (χ2n) is 11.5. The van der Waals surface area contributed by atoms with Crippen molar-refractivity contribution in [3.63, 3.8) is 0 Å². The third-order valence-corrected chi connectivity index (χ3v) is 8.88. The number of aliphatic imine (C=N–C) groups is 1. The first-order chi connectivity index (χ1) is 20.2. The van der Waals surface area contributed by atoms with Crippen LogP contribution in [0.2, 0.25) is 0 Å². The first kappa shape index (κ1) is 30.7. The molecule has 1 aromatic carbocycles. The number of carboxylic acids is 1. The normalized spacial score (nSPS) is 23.7. The van der Waals surface area contributed by atoms with Crippen LogP contribution in [0.4, 0.5) is 13.2 Å². The van der Waals surface area contributed by atoms with E-state index in [0.29, 0.717) is 10.6 Å². The quantitative estimate of drug-likeness (QED) is 0.410. The second kappa shape index (κ2) is 11.4. The van der Waals surface area contributed by atoms with Crippen LogP contribution in [0.15, 0.2) is 46.0 Å². The number of nitrogens with one attached hydrogen (secondary N) is 1. The zero-order valence-electron chi connectivity index (χ0n) is 24.1. The third kappa shape index (κ3) is 5.65. The van der Waals surface area contributed by atoms with Crippen molar-refractivity contribution < 1.29 is 37.4 Å². The predicted octanol–water partition coefficient (Wildman–Crippen LogP) is 3.39. The minimum absolute atomic E-state index is 0.0111. The number of nitrogens with zero attached hydrogens (tertiary/aromatic N) is 4. The minimum atomic E-state index is -3.26. The highest BCUT2D eigenvalue weighted by atomic mass is 32.1. The summed E-state index contributed by atoms with van der Waals surface area (Å²) in [5.41, 5.74) is -0.501. The topological polar surface area (TPSA) is 124 Å². The molecule has 2 N–H and O–H groups in total.